The molecule has 3 rings (SSSR count). The van der Waals surface area contributed by atoms with Crippen LogP contribution < -0.4 is 14.4 Å². The number of hydrogen-bond donors (Lipinski definition) is 0. The molecule has 0 fully saturated rings. The van der Waals surface area contributed by atoms with E-state index in [9.17, 15) is 4.79 Å². The monoisotopic (exact) mass is 310 g/mol. The smallest absolute Gasteiger partial charge is 0.348 e. The lowest BCUT2D eigenvalue weighted by molar-refractivity contribution is 0.253. The van der Waals surface area contributed by atoms with E-state index < -0.39 is 0 Å². The lowest BCUT2D eigenvalue weighted by atomic mass is 10.1. The van der Waals surface area contributed by atoms with Crippen molar-refractivity contribution in [2.75, 3.05) is 25.7 Å². The van der Waals surface area contributed by atoms with Crippen molar-refractivity contribution >= 4 is 17.4 Å². The summed E-state index contributed by atoms with van der Waals surface area (Å²) in [5.74, 6) is 1.42. The molecule has 2 amide bonds. The maximum absolute atomic E-state index is 12.5. The fourth-order valence-corrected chi connectivity index (χ4v) is 2.63. The Morgan fingerprint density at radius 2 is 1.87 bits per heavy atom. The fraction of sp³-hybridized carbons (Fsp3) is 0.222. The number of amides is 2. The first kappa shape index (κ1) is 15.1. The number of methoxy groups -OCH3 is 2. The highest BCUT2D eigenvalue weighted by molar-refractivity contribution is 6.12. The molecule has 2 aromatic rings. The summed E-state index contributed by atoms with van der Waals surface area (Å²) in [7, 11) is 3.22. The zero-order valence-electron chi connectivity index (χ0n) is 13.2. The molecule has 0 N–H and O–H groups in total. The summed E-state index contributed by atoms with van der Waals surface area (Å²) >= 11 is 0. The maximum Gasteiger partial charge on any atom is 0.348 e. The molecule has 23 heavy (non-hydrogen) atoms. The van der Waals surface area contributed by atoms with E-state index in [1.54, 1.807) is 19.1 Å². The van der Waals surface area contributed by atoms with Crippen LogP contribution in [0.1, 0.15) is 12.0 Å². The second-order valence-corrected chi connectivity index (χ2v) is 5.15. The molecule has 0 aliphatic carbocycles. The summed E-state index contributed by atoms with van der Waals surface area (Å²) in [5.41, 5.74) is 2.44. The van der Waals surface area contributed by atoms with Crippen molar-refractivity contribution < 1.29 is 14.3 Å². The normalized spacial score (nSPS) is 14.4. The second kappa shape index (κ2) is 6.52. The van der Waals surface area contributed by atoms with E-state index in [2.05, 4.69) is 4.99 Å². The molecule has 2 aromatic carbocycles. The van der Waals surface area contributed by atoms with E-state index >= 15 is 0 Å². The topological polar surface area (TPSA) is 51.1 Å². The van der Waals surface area contributed by atoms with Crippen LogP contribution in [0.25, 0.3) is 0 Å². The van der Waals surface area contributed by atoms with Gasteiger partial charge in [-0.05, 0) is 29.8 Å². The largest absolute Gasteiger partial charge is 0.497 e. The van der Waals surface area contributed by atoms with Crippen LogP contribution in [-0.2, 0) is 0 Å². The molecular weight excluding hydrogens is 292 g/mol. The molecule has 0 bridgehead atoms. The molecule has 0 radical (unpaired) electrons. The third-order valence-electron chi connectivity index (χ3n) is 3.81. The van der Waals surface area contributed by atoms with Gasteiger partial charge in [0.15, 0.2) is 0 Å². The molecular formula is C18H18N2O3. The fourth-order valence-electron chi connectivity index (χ4n) is 2.63. The van der Waals surface area contributed by atoms with Gasteiger partial charge in [0.2, 0.25) is 0 Å². The predicted octanol–water partition coefficient (Wildman–Crippen LogP) is 3.52. The molecule has 0 atom stereocenters. The molecule has 1 aliphatic rings. The number of hydrogen-bond acceptors (Lipinski definition) is 3. The molecule has 0 saturated heterocycles. The van der Waals surface area contributed by atoms with E-state index in [0.29, 0.717) is 18.7 Å². The van der Waals surface area contributed by atoms with Gasteiger partial charge in [0.25, 0.3) is 0 Å². The van der Waals surface area contributed by atoms with E-state index in [1.807, 2.05) is 48.5 Å². The van der Waals surface area contributed by atoms with Crippen molar-refractivity contribution in [3.8, 4) is 11.5 Å². The van der Waals surface area contributed by atoms with Crippen molar-refractivity contribution in [2.24, 2.45) is 4.99 Å². The average molecular weight is 310 g/mol. The molecule has 1 heterocycles. The molecule has 0 unspecified atom stereocenters. The molecule has 118 valence electrons. The molecule has 5 nitrogen and oxygen atoms in total. The summed E-state index contributed by atoms with van der Waals surface area (Å²) < 4.78 is 10.6. The highest BCUT2D eigenvalue weighted by Gasteiger charge is 2.24. The minimum Gasteiger partial charge on any atom is -0.497 e. The summed E-state index contributed by atoms with van der Waals surface area (Å²) in [6.45, 7) is 0.565. The summed E-state index contributed by atoms with van der Waals surface area (Å²) in [6, 6.07) is 14.8. The van der Waals surface area contributed by atoms with Gasteiger partial charge < -0.3 is 9.47 Å². The number of para-hydroxylation sites is 2. The van der Waals surface area contributed by atoms with Gasteiger partial charge in [-0.15, -0.1) is 0 Å². The number of nitrogens with zero attached hydrogens (tertiary/aromatic N) is 2. The number of aliphatic imine (C=N–C) groups is 1. The number of anilines is 1. The van der Waals surface area contributed by atoms with E-state index in [0.717, 1.165) is 22.7 Å². The Labute approximate surface area is 135 Å². The Hall–Kier alpha value is -2.82. The lowest BCUT2D eigenvalue weighted by Gasteiger charge is -2.26. The van der Waals surface area contributed by atoms with Crippen molar-refractivity contribution in [1.82, 2.24) is 0 Å². The van der Waals surface area contributed by atoms with Crippen molar-refractivity contribution in [1.29, 1.82) is 0 Å². The minimum atomic E-state index is -0.279. The summed E-state index contributed by atoms with van der Waals surface area (Å²) in [6.07, 6.45) is 0.678. The molecule has 5 heteroatoms. The maximum atomic E-state index is 12.5. The van der Waals surface area contributed by atoms with Crippen molar-refractivity contribution in [2.45, 2.75) is 6.42 Å². The van der Waals surface area contributed by atoms with Crippen LogP contribution in [0, 0.1) is 0 Å². The Morgan fingerprint density at radius 3 is 2.61 bits per heavy atom. The van der Waals surface area contributed by atoms with Gasteiger partial charge in [0.05, 0.1) is 25.6 Å². The average Bonchev–Trinajstić information content (AvgIpc) is 2.61. The quantitative estimate of drug-likeness (QED) is 0.868. The van der Waals surface area contributed by atoms with Gasteiger partial charge in [-0.25, -0.2) is 4.79 Å². The van der Waals surface area contributed by atoms with Crippen molar-refractivity contribution in [3.05, 3.63) is 54.1 Å². The summed E-state index contributed by atoms with van der Waals surface area (Å²) in [5, 5.41) is 0. The van der Waals surface area contributed by atoms with Crippen LogP contribution in [0.5, 0.6) is 11.5 Å². The first-order valence-electron chi connectivity index (χ1n) is 7.39. The predicted molar refractivity (Wildman–Crippen MR) is 89.9 cm³/mol. The molecule has 0 spiro atoms. The highest BCUT2D eigenvalue weighted by Crippen LogP contribution is 2.30. The number of urea groups is 1. The van der Waals surface area contributed by atoms with E-state index in [4.69, 9.17) is 9.47 Å². The van der Waals surface area contributed by atoms with Crippen LogP contribution >= 0.6 is 0 Å². The number of rotatable bonds is 4. The zero-order chi connectivity index (χ0) is 16.2. The SMILES string of the molecule is COc1cccc(C2=NC(=O)N(c3ccccc3OC)CC2)c1. The second-order valence-electron chi connectivity index (χ2n) is 5.15. The standard InChI is InChI=1S/C18H18N2O3/c1-22-14-7-5-6-13(12-14)15-10-11-20(18(21)19-15)16-8-3-4-9-17(16)23-2/h3-9,12H,10-11H2,1-2H3. The van der Waals surface area contributed by atoms with Crippen LogP contribution in [-0.4, -0.2) is 32.5 Å². The van der Waals surface area contributed by atoms with Gasteiger partial charge in [-0.2, -0.15) is 4.99 Å². The molecule has 1 aliphatic heterocycles. The third kappa shape index (κ3) is 3.04. The number of ether oxygens (including phenoxy) is 2. The first-order valence-corrected chi connectivity index (χ1v) is 7.39. The minimum absolute atomic E-state index is 0.279. The Balaban J connectivity index is 1.89. The number of carbonyl (C=O) groups is 1. The van der Waals surface area contributed by atoms with Crippen LogP contribution in [0.15, 0.2) is 53.5 Å². The van der Waals surface area contributed by atoms with Crippen molar-refractivity contribution in [3.63, 3.8) is 0 Å². The third-order valence-corrected chi connectivity index (χ3v) is 3.81. The molecule has 0 aromatic heterocycles. The number of carbonyl (C=O) groups excluding carboxylic acids is 1. The number of benzene rings is 2. The summed E-state index contributed by atoms with van der Waals surface area (Å²) in [4.78, 5) is 18.3. The van der Waals surface area contributed by atoms with Gasteiger partial charge in [0, 0.05) is 13.0 Å². The molecule has 0 saturated carbocycles. The van der Waals surface area contributed by atoms with Crippen LogP contribution in [0.3, 0.4) is 0 Å². The van der Waals surface area contributed by atoms with Crippen LogP contribution in [0.2, 0.25) is 0 Å². The Bertz CT molecular complexity index is 755. The first-order chi connectivity index (χ1) is 11.2. The van der Waals surface area contributed by atoms with E-state index in [1.165, 1.54) is 0 Å². The Morgan fingerprint density at radius 1 is 1.04 bits per heavy atom. The van der Waals surface area contributed by atoms with E-state index in [-0.39, 0.29) is 6.03 Å². The Kier molecular flexibility index (Phi) is 4.28. The van der Waals surface area contributed by atoms with Gasteiger partial charge >= 0.3 is 6.03 Å². The van der Waals surface area contributed by atoms with Gasteiger partial charge in [-0.1, -0.05) is 24.3 Å². The van der Waals surface area contributed by atoms with Crippen LogP contribution in [0.4, 0.5) is 10.5 Å². The zero-order valence-corrected chi connectivity index (χ0v) is 13.2. The lowest BCUT2D eigenvalue weighted by Crippen LogP contribution is -2.35. The highest BCUT2D eigenvalue weighted by atomic mass is 16.5. The van der Waals surface area contributed by atoms with Gasteiger partial charge in [-0.3, -0.25) is 4.90 Å². The van der Waals surface area contributed by atoms with Gasteiger partial charge in [0.1, 0.15) is 11.5 Å².